The lowest BCUT2D eigenvalue weighted by Crippen LogP contribution is -2.27. The molecule has 1 aromatic heterocycles. The number of aromatic nitrogens is 1. The normalized spacial score (nSPS) is 11.5. The predicted molar refractivity (Wildman–Crippen MR) is 97.6 cm³/mol. The quantitative estimate of drug-likeness (QED) is 0.635. The van der Waals surface area contributed by atoms with Crippen molar-refractivity contribution in [2.75, 3.05) is 13.6 Å². The molecule has 2 aromatic rings. The summed E-state index contributed by atoms with van der Waals surface area (Å²) in [6, 6.07) is 9.59. The van der Waals surface area contributed by atoms with E-state index in [1.807, 2.05) is 6.20 Å². The van der Waals surface area contributed by atoms with Crippen LogP contribution in [-0.2, 0) is 12.8 Å². The van der Waals surface area contributed by atoms with E-state index in [9.17, 15) is 0 Å². The van der Waals surface area contributed by atoms with Crippen LogP contribution in [0.3, 0.4) is 0 Å². The molecule has 0 aliphatic rings. The van der Waals surface area contributed by atoms with Crippen LogP contribution >= 0.6 is 11.3 Å². The van der Waals surface area contributed by atoms with Crippen LogP contribution < -0.4 is 0 Å². The zero-order valence-electron chi connectivity index (χ0n) is 14.3. The van der Waals surface area contributed by atoms with E-state index in [4.69, 9.17) is 0 Å². The largest absolute Gasteiger partial charge is 0.304 e. The maximum atomic E-state index is 4.51. The molecule has 0 atom stereocenters. The summed E-state index contributed by atoms with van der Waals surface area (Å²) in [4.78, 5) is 8.28. The summed E-state index contributed by atoms with van der Waals surface area (Å²) in [6.45, 7) is 7.87. The molecular weight excluding hydrogens is 288 g/mol. The first-order valence-electron chi connectivity index (χ1n) is 8.34. The van der Waals surface area contributed by atoms with Gasteiger partial charge in [-0.15, -0.1) is 11.3 Å². The van der Waals surface area contributed by atoms with Gasteiger partial charge in [0.15, 0.2) is 0 Å². The topological polar surface area (TPSA) is 16.1 Å². The van der Waals surface area contributed by atoms with E-state index in [-0.39, 0.29) is 0 Å². The van der Waals surface area contributed by atoms with E-state index in [2.05, 4.69) is 62.0 Å². The molecule has 0 spiro atoms. The van der Waals surface area contributed by atoms with Crippen molar-refractivity contribution in [3.8, 4) is 10.6 Å². The van der Waals surface area contributed by atoms with E-state index in [0.29, 0.717) is 6.04 Å². The third kappa shape index (κ3) is 4.92. The Labute approximate surface area is 139 Å². The lowest BCUT2D eigenvalue weighted by molar-refractivity contribution is 0.268. The average molecular weight is 317 g/mol. The van der Waals surface area contributed by atoms with Gasteiger partial charge in [0.1, 0.15) is 5.01 Å². The van der Waals surface area contributed by atoms with E-state index >= 15 is 0 Å². The molecule has 0 N–H and O–H groups in total. The number of aryl methyl sites for hydroxylation is 2. The predicted octanol–water partition coefficient (Wildman–Crippen LogP) is 5.04. The summed E-state index contributed by atoms with van der Waals surface area (Å²) in [5.41, 5.74) is 2.68. The molecule has 0 saturated carbocycles. The first kappa shape index (κ1) is 17.2. The van der Waals surface area contributed by atoms with Gasteiger partial charge in [0.2, 0.25) is 0 Å². The third-order valence-electron chi connectivity index (χ3n) is 4.21. The Morgan fingerprint density at radius 2 is 1.86 bits per heavy atom. The Morgan fingerprint density at radius 1 is 1.14 bits per heavy atom. The van der Waals surface area contributed by atoms with Gasteiger partial charge in [-0.2, -0.15) is 0 Å². The summed E-state index contributed by atoms with van der Waals surface area (Å²) in [7, 11) is 2.21. The third-order valence-corrected chi connectivity index (χ3v) is 5.40. The first-order chi connectivity index (χ1) is 10.6. The van der Waals surface area contributed by atoms with Gasteiger partial charge in [-0.05, 0) is 58.7 Å². The number of hydrogen-bond donors (Lipinski definition) is 0. The number of hydrogen-bond acceptors (Lipinski definition) is 3. The molecule has 22 heavy (non-hydrogen) atoms. The molecule has 1 heterocycles. The number of benzene rings is 1. The monoisotopic (exact) mass is 316 g/mol. The minimum absolute atomic E-state index is 0.644. The fraction of sp³-hybridized carbons (Fsp3) is 0.526. The molecule has 0 fully saturated rings. The number of unbranched alkanes of at least 4 members (excludes halogenated alkanes) is 1. The molecule has 0 radical (unpaired) electrons. The molecule has 0 aliphatic carbocycles. The highest BCUT2D eigenvalue weighted by atomic mass is 32.1. The van der Waals surface area contributed by atoms with Gasteiger partial charge >= 0.3 is 0 Å². The highest BCUT2D eigenvalue weighted by Gasteiger charge is 2.05. The molecule has 3 heteroatoms. The van der Waals surface area contributed by atoms with Crippen LogP contribution in [0.15, 0.2) is 30.5 Å². The molecule has 0 aliphatic heterocycles. The Balaban J connectivity index is 1.82. The van der Waals surface area contributed by atoms with Crippen molar-refractivity contribution in [2.24, 2.45) is 0 Å². The average Bonchev–Trinajstić information content (AvgIpc) is 3.01. The fourth-order valence-electron chi connectivity index (χ4n) is 2.37. The second kappa shape index (κ2) is 8.44. The maximum absolute atomic E-state index is 4.51. The summed E-state index contributed by atoms with van der Waals surface area (Å²) in [6.07, 6.45) is 6.76. The summed E-state index contributed by atoms with van der Waals surface area (Å²) >= 11 is 1.80. The second-order valence-corrected chi connectivity index (χ2v) is 7.33. The molecule has 120 valence electrons. The number of rotatable bonds is 8. The molecule has 0 saturated heterocycles. The van der Waals surface area contributed by atoms with Crippen molar-refractivity contribution in [3.63, 3.8) is 0 Å². The lowest BCUT2D eigenvalue weighted by atomic mass is 10.1. The smallest absolute Gasteiger partial charge is 0.123 e. The molecule has 2 nitrogen and oxygen atoms in total. The Bertz CT molecular complexity index is 557. The van der Waals surface area contributed by atoms with Crippen molar-refractivity contribution in [1.29, 1.82) is 0 Å². The zero-order chi connectivity index (χ0) is 15.9. The summed E-state index contributed by atoms with van der Waals surface area (Å²) < 4.78 is 0. The standard InChI is InChI=1S/C19H28N2S/c1-5-18-14-20-19(22-18)17-11-9-16(10-12-17)8-6-7-13-21(4)15(2)3/h9-12,14-15H,5-8,13H2,1-4H3. The van der Waals surface area contributed by atoms with E-state index < -0.39 is 0 Å². The molecule has 0 bridgehead atoms. The van der Waals surface area contributed by atoms with Gasteiger partial charge in [0, 0.05) is 22.7 Å². The van der Waals surface area contributed by atoms with Crippen molar-refractivity contribution in [2.45, 2.75) is 52.5 Å². The summed E-state index contributed by atoms with van der Waals surface area (Å²) in [5, 5.41) is 1.14. The molecule has 1 aromatic carbocycles. The SMILES string of the molecule is CCc1cnc(-c2ccc(CCCCN(C)C(C)C)cc2)s1. The highest BCUT2D eigenvalue weighted by molar-refractivity contribution is 7.15. The number of nitrogens with zero attached hydrogens (tertiary/aromatic N) is 2. The van der Waals surface area contributed by atoms with Crippen molar-refractivity contribution < 1.29 is 0 Å². The van der Waals surface area contributed by atoms with Crippen LogP contribution in [0.2, 0.25) is 0 Å². The number of thiazole rings is 1. The van der Waals surface area contributed by atoms with Crippen molar-refractivity contribution >= 4 is 11.3 Å². The van der Waals surface area contributed by atoms with Crippen LogP contribution in [0.4, 0.5) is 0 Å². The minimum atomic E-state index is 0.644. The zero-order valence-corrected chi connectivity index (χ0v) is 15.1. The Morgan fingerprint density at radius 3 is 2.45 bits per heavy atom. The summed E-state index contributed by atoms with van der Waals surface area (Å²) in [5.74, 6) is 0. The van der Waals surface area contributed by atoms with Gasteiger partial charge in [-0.1, -0.05) is 31.2 Å². The van der Waals surface area contributed by atoms with E-state index in [1.165, 1.54) is 41.8 Å². The van der Waals surface area contributed by atoms with Crippen LogP contribution in [-0.4, -0.2) is 29.5 Å². The van der Waals surface area contributed by atoms with Gasteiger partial charge in [0.05, 0.1) is 0 Å². The van der Waals surface area contributed by atoms with Gasteiger partial charge in [0.25, 0.3) is 0 Å². The van der Waals surface area contributed by atoms with E-state index in [0.717, 1.165) is 11.4 Å². The van der Waals surface area contributed by atoms with Crippen LogP contribution in [0.1, 0.15) is 44.1 Å². The highest BCUT2D eigenvalue weighted by Crippen LogP contribution is 2.25. The van der Waals surface area contributed by atoms with Crippen LogP contribution in [0, 0.1) is 0 Å². The molecule has 2 rings (SSSR count). The second-order valence-electron chi connectivity index (χ2n) is 6.21. The lowest BCUT2D eigenvalue weighted by Gasteiger charge is -2.20. The molecule has 0 amide bonds. The minimum Gasteiger partial charge on any atom is -0.304 e. The fourth-order valence-corrected chi connectivity index (χ4v) is 3.22. The van der Waals surface area contributed by atoms with Gasteiger partial charge in [-0.3, -0.25) is 0 Å². The first-order valence-corrected chi connectivity index (χ1v) is 9.16. The van der Waals surface area contributed by atoms with Gasteiger partial charge in [-0.25, -0.2) is 4.98 Å². The Hall–Kier alpha value is -1.19. The van der Waals surface area contributed by atoms with Crippen LogP contribution in [0.5, 0.6) is 0 Å². The van der Waals surface area contributed by atoms with E-state index in [1.54, 1.807) is 11.3 Å². The van der Waals surface area contributed by atoms with Gasteiger partial charge < -0.3 is 4.90 Å². The van der Waals surface area contributed by atoms with Crippen molar-refractivity contribution in [1.82, 2.24) is 9.88 Å². The van der Waals surface area contributed by atoms with Crippen molar-refractivity contribution in [3.05, 3.63) is 40.9 Å². The molecule has 0 unspecified atom stereocenters. The van der Waals surface area contributed by atoms with Crippen LogP contribution in [0.25, 0.3) is 10.6 Å². The Kier molecular flexibility index (Phi) is 6.59. The maximum Gasteiger partial charge on any atom is 0.123 e. The molecular formula is C19H28N2S.